The van der Waals surface area contributed by atoms with Crippen molar-refractivity contribution in [3.8, 4) is 0 Å². The normalized spacial score (nSPS) is 17.8. The van der Waals surface area contributed by atoms with Gasteiger partial charge in [0.15, 0.2) is 0 Å². The van der Waals surface area contributed by atoms with E-state index >= 15 is 0 Å². The molecular weight excluding hydrogens is 431 g/mol. The highest BCUT2D eigenvalue weighted by atomic mass is 35.5. The Morgan fingerprint density at radius 2 is 1.76 bits per heavy atom. The molecule has 0 aliphatic carbocycles. The van der Waals surface area contributed by atoms with Gasteiger partial charge in [-0.25, -0.2) is 12.7 Å². The van der Waals surface area contributed by atoms with Crippen LogP contribution in [0, 0.1) is 5.92 Å². The van der Waals surface area contributed by atoms with E-state index in [2.05, 4.69) is 0 Å². The van der Waals surface area contributed by atoms with Crippen molar-refractivity contribution in [3.05, 3.63) is 69.7 Å². The van der Waals surface area contributed by atoms with Crippen LogP contribution >= 0.6 is 23.2 Å². The van der Waals surface area contributed by atoms with Crippen LogP contribution in [0.4, 0.5) is 0 Å². The minimum Gasteiger partial charge on any atom is -0.341 e. The Morgan fingerprint density at radius 1 is 1.10 bits per heavy atom. The molecule has 3 rings (SSSR count). The van der Waals surface area contributed by atoms with Gasteiger partial charge in [0, 0.05) is 42.3 Å². The molecule has 1 aliphatic heterocycles. The summed E-state index contributed by atoms with van der Waals surface area (Å²) >= 11 is 12.3. The molecule has 1 atom stereocenters. The Labute approximate surface area is 182 Å². The Bertz CT molecular complexity index is 947. The third kappa shape index (κ3) is 5.51. The SMILES string of the molecule is CN(Cc1ccccc1)C(=O)C1CCCN(S(=O)(=O)Cc2c(Cl)cccc2Cl)C1. The molecule has 0 saturated carbocycles. The molecule has 1 amide bonds. The summed E-state index contributed by atoms with van der Waals surface area (Å²) in [4.78, 5) is 14.6. The van der Waals surface area contributed by atoms with Gasteiger partial charge in [-0.05, 0) is 30.5 Å². The highest BCUT2D eigenvalue weighted by Crippen LogP contribution is 2.29. The average Bonchev–Trinajstić information content (AvgIpc) is 2.71. The molecule has 2 aromatic rings. The van der Waals surface area contributed by atoms with Gasteiger partial charge in [0.1, 0.15) is 0 Å². The first-order chi connectivity index (χ1) is 13.8. The van der Waals surface area contributed by atoms with Crippen LogP contribution in [-0.2, 0) is 27.1 Å². The number of benzene rings is 2. The molecule has 0 bridgehead atoms. The van der Waals surface area contributed by atoms with Gasteiger partial charge >= 0.3 is 0 Å². The second kappa shape index (κ2) is 9.47. The molecule has 0 spiro atoms. The van der Waals surface area contributed by atoms with Crippen molar-refractivity contribution in [1.29, 1.82) is 0 Å². The number of sulfonamides is 1. The van der Waals surface area contributed by atoms with E-state index in [1.807, 2.05) is 30.3 Å². The van der Waals surface area contributed by atoms with Crippen molar-refractivity contribution in [1.82, 2.24) is 9.21 Å². The molecule has 0 radical (unpaired) electrons. The lowest BCUT2D eigenvalue weighted by molar-refractivity contribution is -0.135. The van der Waals surface area contributed by atoms with Crippen molar-refractivity contribution in [2.24, 2.45) is 5.92 Å². The molecule has 0 N–H and O–H groups in total. The van der Waals surface area contributed by atoms with E-state index in [0.29, 0.717) is 41.5 Å². The first-order valence-corrected chi connectivity index (χ1v) is 11.8. The van der Waals surface area contributed by atoms with Crippen LogP contribution in [0.3, 0.4) is 0 Å². The van der Waals surface area contributed by atoms with Crippen molar-refractivity contribution in [3.63, 3.8) is 0 Å². The summed E-state index contributed by atoms with van der Waals surface area (Å²) in [6, 6.07) is 14.7. The van der Waals surface area contributed by atoms with E-state index in [1.165, 1.54) is 4.31 Å². The summed E-state index contributed by atoms with van der Waals surface area (Å²) in [5.41, 5.74) is 1.43. The zero-order valence-electron chi connectivity index (χ0n) is 16.2. The van der Waals surface area contributed by atoms with Crippen LogP contribution in [-0.4, -0.2) is 43.7 Å². The first-order valence-electron chi connectivity index (χ1n) is 9.47. The van der Waals surface area contributed by atoms with Crippen LogP contribution in [0.15, 0.2) is 48.5 Å². The molecule has 29 heavy (non-hydrogen) atoms. The molecule has 156 valence electrons. The highest BCUT2D eigenvalue weighted by molar-refractivity contribution is 7.88. The Morgan fingerprint density at radius 3 is 2.41 bits per heavy atom. The molecule has 1 aliphatic rings. The zero-order valence-corrected chi connectivity index (χ0v) is 18.6. The van der Waals surface area contributed by atoms with Gasteiger partial charge < -0.3 is 4.90 Å². The minimum atomic E-state index is -3.64. The summed E-state index contributed by atoms with van der Waals surface area (Å²) in [5.74, 6) is -0.662. The molecule has 0 aromatic heterocycles. The number of carbonyl (C=O) groups is 1. The fourth-order valence-corrected chi connectivity index (χ4v) is 5.95. The molecule has 5 nitrogen and oxygen atoms in total. The van der Waals surface area contributed by atoms with E-state index < -0.39 is 10.0 Å². The standard InChI is InChI=1S/C21H24Cl2N2O3S/c1-24(13-16-7-3-2-4-8-16)21(26)17-9-6-12-25(14-17)29(27,28)15-18-19(22)10-5-11-20(18)23/h2-5,7-8,10-11,17H,6,9,12-15H2,1H3. The summed E-state index contributed by atoms with van der Waals surface area (Å²) in [6.45, 7) is 1.08. The highest BCUT2D eigenvalue weighted by Gasteiger charge is 2.34. The van der Waals surface area contributed by atoms with Crippen LogP contribution < -0.4 is 0 Å². The number of halogens is 2. The van der Waals surface area contributed by atoms with E-state index in [9.17, 15) is 13.2 Å². The third-order valence-corrected chi connectivity index (χ3v) is 7.63. The van der Waals surface area contributed by atoms with Gasteiger partial charge in [-0.2, -0.15) is 0 Å². The lowest BCUT2D eigenvalue weighted by atomic mass is 9.98. The van der Waals surface area contributed by atoms with E-state index in [-0.39, 0.29) is 24.1 Å². The second-order valence-electron chi connectivity index (χ2n) is 7.33. The van der Waals surface area contributed by atoms with Crippen LogP contribution in [0.1, 0.15) is 24.0 Å². The summed E-state index contributed by atoms with van der Waals surface area (Å²) in [7, 11) is -1.88. The number of amides is 1. The maximum Gasteiger partial charge on any atom is 0.227 e. The predicted octanol–water partition coefficient (Wildman–Crippen LogP) is 4.19. The zero-order chi connectivity index (χ0) is 21.0. The molecule has 1 unspecified atom stereocenters. The lowest BCUT2D eigenvalue weighted by Crippen LogP contribution is -2.46. The van der Waals surface area contributed by atoms with Crippen molar-refractivity contribution in [2.75, 3.05) is 20.1 Å². The van der Waals surface area contributed by atoms with Crippen LogP contribution in [0.25, 0.3) is 0 Å². The van der Waals surface area contributed by atoms with Gasteiger partial charge in [0.2, 0.25) is 15.9 Å². The number of rotatable bonds is 6. The maximum atomic E-state index is 13.0. The number of carbonyl (C=O) groups excluding carboxylic acids is 1. The molecule has 2 aromatic carbocycles. The summed E-state index contributed by atoms with van der Waals surface area (Å²) in [5, 5.41) is 0.654. The Balaban J connectivity index is 1.68. The van der Waals surface area contributed by atoms with E-state index in [0.717, 1.165) is 5.56 Å². The molecule has 1 fully saturated rings. The van der Waals surface area contributed by atoms with Gasteiger partial charge in [-0.15, -0.1) is 0 Å². The topological polar surface area (TPSA) is 57.7 Å². The lowest BCUT2D eigenvalue weighted by Gasteiger charge is -2.33. The molecular formula is C21H24Cl2N2O3S. The van der Waals surface area contributed by atoms with Crippen molar-refractivity contribution >= 4 is 39.1 Å². The minimum absolute atomic E-state index is 0.0375. The number of nitrogens with zero attached hydrogens (tertiary/aromatic N) is 2. The first kappa shape index (κ1) is 22.1. The third-order valence-electron chi connectivity index (χ3n) is 5.15. The maximum absolute atomic E-state index is 13.0. The fourth-order valence-electron chi connectivity index (χ4n) is 3.59. The predicted molar refractivity (Wildman–Crippen MR) is 116 cm³/mol. The van der Waals surface area contributed by atoms with E-state index in [1.54, 1.807) is 30.1 Å². The molecule has 8 heteroatoms. The van der Waals surface area contributed by atoms with Crippen molar-refractivity contribution < 1.29 is 13.2 Å². The van der Waals surface area contributed by atoms with Gasteiger partial charge in [-0.1, -0.05) is 59.6 Å². The smallest absolute Gasteiger partial charge is 0.227 e. The second-order valence-corrected chi connectivity index (χ2v) is 10.1. The number of hydrogen-bond donors (Lipinski definition) is 0. The van der Waals surface area contributed by atoms with E-state index in [4.69, 9.17) is 23.2 Å². The quantitative estimate of drug-likeness (QED) is 0.656. The summed E-state index contributed by atoms with van der Waals surface area (Å²) in [6.07, 6.45) is 1.32. The average molecular weight is 455 g/mol. The molecule has 1 heterocycles. The van der Waals surface area contributed by atoms with Gasteiger partial charge in [-0.3, -0.25) is 4.79 Å². The van der Waals surface area contributed by atoms with Gasteiger partial charge in [0.05, 0.1) is 11.7 Å². The number of hydrogen-bond acceptors (Lipinski definition) is 3. The largest absolute Gasteiger partial charge is 0.341 e. The number of piperidine rings is 1. The van der Waals surface area contributed by atoms with Crippen LogP contribution in [0.5, 0.6) is 0 Å². The fraction of sp³-hybridized carbons (Fsp3) is 0.381. The van der Waals surface area contributed by atoms with Crippen LogP contribution in [0.2, 0.25) is 10.0 Å². The van der Waals surface area contributed by atoms with Crippen molar-refractivity contribution in [2.45, 2.75) is 25.1 Å². The Kier molecular flexibility index (Phi) is 7.22. The molecule has 1 saturated heterocycles. The summed E-state index contributed by atoms with van der Waals surface area (Å²) < 4.78 is 27.3. The van der Waals surface area contributed by atoms with Gasteiger partial charge in [0.25, 0.3) is 0 Å². The monoisotopic (exact) mass is 454 g/mol. The Hall–Kier alpha value is -1.60.